The van der Waals surface area contributed by atoms with Crippen molar-refractivity contribution >= 4 is 0 Å². The van der Waals surface area contributed by atoms with E-state index >= 15 is 0 Å². The van der Waals surface area contributed by atoms with E-state index in [2.05, 4.69) is 27.7 Å². The van der Waals surface area contributed by atoms with E-state index in [1.807, 2.05) is 12.1 Å². The fourth-order valence-corrected chi connectivity index (χ4v) is 3.09. The first-order valence-corrected chi connectivity index (χ1v) is 9.47. The van der Waals surface area contributed by atoms with Crippen molar-refractivity contribution in [1.29, 1.82) is 0 Å². The van der Waals surface area contributed by atoms with Crippen molar-refractivity contribution in [3.63, 3.8) is 0 Å². The Bertz CT molecular complexity index is 428. The maximum Gasteiger partial charge on any atom is 0.122 e. The number of aryl methyl sites for hydroxylation is 1. The molecule has 2 heteroatoms. The lowest BCUT2D eigenvalue weighted by Crippen LogP contribution is -2.00. The average Bonchev–Trinajstić information content (AvgIpc) is 2.46. The molecular formula is C21H36O2. The Kier molecular flexibility index (Phi) is 9.13. The van der Waals surface area contributed by atoms with Gasteiger partial charge in [0.25, 0.3) is 0 Å². The van der Waals surface area contributed by atoms with Gasteiger partial charge >= 0.3 is 0 Å². The molecule has 2 N–H and O–H groups in total. The molecule has 0 bridgehead atoms. The van der Waals surface area contributed by atoms with Gasteiger partial charge in [0.2, 0.25) is 0 Å². The zero-order chi connectivity index (χ0) is 17.2. The maximum atomic E-state index is 10.2. The molecule has 0 amide bonds. The summed E-state index contributed by atoms with van der Waals surface area (Å²) in [5.41, 5.74) is 1.77. The summed E-state index contributed by atoms with van der Waals surface area (Å²) in [4.78, 5) is 0. The highest BCUT2D eigenvalue weighted by molar-refractivity contribution is 5.46. The molecule has 0 aromatic heterocycles. The third-order valence-electron chi connectivity index (χ3n) is 4.70. The number of aromatic hydroxyl groups is 2. The summed E-state index contributed by atoms with van der Waals surface area (Å²) in [5.74, 6) is 1.95. The molecule has 1 aromatic rings. The smallest absolute Gasteiger partial charge is 0.122 e. The van der Waals surface area contributed by atoms with E-state index in [1.54, 1.807) is 0 Å². The molecular weight excluding hydrogens is 284 g/mol. The minimum Gasteiger partial charge on any atom is -0.508 e. The Morgan fingerprint density at radius 2 is 1.48 bits per heavy atom. The summed E-state index contributed by atoms with van der Waals surface area (Å²) < 4.78 is 0. The number of unbranched alkanes of at least 4 members (excludes halogenated alkanes) is 2. The van der Waals surface area contributed by atoms with Gasteiger partial charge in [0.15, 0.2) is 0 Å². The fourth-order valence-electron chi connectivity index (χ4n) is 3.09. The molecule has 0 saturated heterocycles. The summed E-state index contributed by atoms with van der Waals surface area (Å²) in [6.45, 7) is 8.99. The first kappa shape index (κ1) is 19.9. The quantitative estimate of drug-likeness (QED) is 0.475. The Labute approximate surface area is 142 Å². The molecule has 1 aromatic carbocycles. The Balaban J connectivity index is 2.50. The van der Waals surface area contributed by atoms with Crippen molar-refractivity contribution in [2.75, 3.05) is 0 Å². The average molecular weight is 321 g/mol. The summed E-state index contributed by atoms with van der Waals surface area (Å²) >= 11 is 0. The molecule has 132 valence electrons. The van der Waals surface area contributed by atoms with Crippen molar-refractivity contribution in [3.05, 3.63) is 23.3 Å². The topological polar surface area (TPSA) is 40.5 Å². The number of hydrogen-bond acceptors (Lipinski definition) is 2. The predicted octanol–water partition coefficient (Wildman–Crippen LogP) is 6.23. The highest BCUT2D eigenvalue weighted by atomic mass is 16.3. The predicted molar refractivity (Wildman–Crippen MR) is 99.2 cm³/mol. The van der Waals surface area contributed by atoms with E-state index in [0.717, 1.165) is 42.7 Å². The van der Waals surface area contributed by atoms with E-state index in [4.69, 9.17) is 0 Å². The standard InChI is InChI=1S/C21H36O2/c1-5-6-7-11-18-14-20(22)19(21(23)15-18)13-12-17(4)10-8-9-16(2)3/h14-17,22-23H,5-13H2,1-4H3/t17-/m0/s1. The van der Waals surface area contributed by atoms with Gasteiger partial charge in [-0.25, -0.2) is 0 Å². The van der Waals surface area contributed by atoms with E-state index in [9.17, 15) is 10.2 Å². The monoisotopic (exact) mass is 320 g/mol. The van der Waals surface area contributed by atoms with Crippen LogP contribution in [0, 0.1) is 11.8 Å². The van der Waals surface area contributed by atoms with Crippen LogP contribution >= 0.6 is 0 Å². The Hall–Kier alpha value is -1.18. The Morgan fingerprint density at radius 3 is 2.04 bits per heavy atom. The summed E-state index contributed by atoms with van der Waals surface area (Å²) in [7, 11) is 0. The molecule has 1 rings (SSSR count). The van der Waals surface area contributed by atoms with E-state index in [-0.39, 0.29) is 11.5 Å². The van der Waals surface area contributed by atoms with Gasteiger partial charge in [-0.3, -0.25) is 0 Å². The lowest BCUT2D eigenvalue weighted by atomic mass is 9.93. The van der Waals surface area contributed by atoms with Crippen molar-refractivity contribution in [2.24, 2.45) is 11.8 Å². The molecule has 0 aliphatic heterocycles. The van der Waals surface area contributed by atoms with Crippen molar-refractivity contribution < 1.29 is 10.2 Å². The summed E-state index contributed by atoms with van der Waals surface area (Å²) in [6, 6.07) is 3.68. The highest BCUT2D eigenvalue weighted by Gasteiger charge is 2.12. The molecule has 0 fully saturated rings. The molecule has 0 unspecified atom stereocenters. The van der Waals surface area contributed by atoms with Crippen LogP contribution in [0.5, 0.6) is 11.5 Å². The van der Waals surface area contributed by atoms with Crippen LogP contribution in [-0.2, 0) is 12.8 Å². The lowest BCUT2D eigenvalue weighted by Gasteiger charge is -2.14. The zero-order valence-corrected chi connectivity index (χ0v) is 15.6. The maximum absolute atomic E-state index is 10.2. The Morgan fingerprint density at radius 1 is 0.826 bits per heavy atom. The number of phenolic OH excluding ortho intramolecular Hbond substituents is 2. The first-order valence-electron chi connectivity index (χ1n) is 9.47. The van der Waals surface area contributed by atoms with Crippen molar-refractivity contribution in [1.82, 2.24) is 0 Å². The second-order valence-corrected chi connectivity index (χ2v) is 7.54. The van der Waals surface area contributed by atoms with Crippen LogP contribution in [0.2, 0.25) is 0 Å². The molecule has 2 nitrogen and oxygen atoms in total. The normalized spacial score (nSPS) is 12.7. The molecule has 0 aliphatic rings. The first-order chi connectivity index (χ1) is 10.9. The van der Waals surface area contributed by atoms with E-state index in [0.29, 0.717) is 5.92 Å². The molecule has 0 heterocycles. The molecule has 0 saturated carbocycles. The van der Waals surface area contributed by atoms with Gasteiger partial charge in [-0.15, -0.1) is 0 Å². The van der Waals surface area contributed by atoms with Crippen LogP contribution in [0.1, 0.15) is 83.8 Å². The van der Waals surface area contributed by atoms with Gasteiger partial charge < -0.3 is 10.2 Å². The van der Waals surface area contributed by atoms with Gasteiger partial charge in [0.05, 0.1) is 0 Å². The van der Waals surface area contributed by atoms with Crippen LogP contribution in [0.25, 0.3) is 0 Å². The van der Waals surface area contributed by atoms with Gasteiger partial charge in [0.1, 0.15) is 11.5 Å². The highest BCUT2D eigenvalue weighted by Crippen LogP contribution is 2.32. The number of phenols is 2. The molecule has 1 atom stereocenters. The molecule has 0 radical (unpaired) electrons. The third-order valence-corrected chi connectivity index (χ3v) is 4.70. The second-order valence-electron chi connectivity index (χ2n) is 7.54. The largest absolute Gasteiger partial charge is 0.508 e. The van der Waals surface area contributed by atoms with Crippen molar-refractivity contribution in [3.8, 4) is 11.5 Å². The van der Waals surface area contributed by atoms with Crippen molar-refractivity contribution in [2.45, 2.75) is 85.5 Å². The van der Waals surface area contributed by atoms with E-state index in [1.165, 1.54) is 32.1 Å². The fraction of sp³-hybridized carbons (Fsp3) is 0.714. The van der Waals surface area contributed by atoms with E-state index < -0.39 is 0 Å². The number of benzene rings is 1. The lowest BCUT2D eigenvalue weighted by molar-refractivity contribution is 0.413. The van der Waals surface area contributed by atoms with Crippen LogP contribution in [0.4, 0.5) is 0 Å². The minimum absolute atomic E-state index is 0.269. The second kappa shape index (κ2) is 10.6. The van der Waals surface area contributed by atoms with Crippen LogP contribution < -0.4 is 0 Å². The SMILES string of the molecule is CCCCCc1cc(O)c(CC[C@@H](C)CCCC(C)C)c(O)c1. The number of hydrogen-bond donors (Lipinski definition) is 2. The van der Waals surface area contributed by atoms with Gasteiger partial charge in [-0.1, -0.05) is 59.8 Å². The minimum atomic E-state index is 0.269. The van der Waals surface area contributed by atoms with Gasteiger partial charge in [-0.2, -0.15) is 0 Å². The van der Waals surface area contributed by atoms with Gasteiger partial charge in [0, 0.05) is 5.56 Å². The third kappa shape index (κ3) is 7.76. The number of rotatable bonds is 11. The van der Waals surface area contributed by atoms with Crippen LogP contribution in [0.15, 0.2) is 12.1 Å². The molecule has 0 aliphatic carbocycles. The molecule has 23 heavy (non-hydrogen) atoms. The molecule has 0 spiro atoms. The van der Waals surface area contributed by atoms with Crippen LogP contribution in [-0.4, -0.2) is 10.2 Å². The van der Waals surface area contributed by atoms with Crippen LogP contribution in [0.3, 0.4) is 0 Å². The summed E-state index contributed by atoms with van der Waals surface area (Å²) in [5, 5.41) is 20.5. The van der Waals surface area contributed by atoms with Gasteiger partial charge in [-0.05, 0) is 55.2 Å². The summed E-state index contributed by atoms with van der Waals surface area (Å²) in [6.07, 6.45) is 9.99. The zero-order valence-electron chi connectivity index (χ0n) is 15.6.